The Morgan fingerprint density at radius 3 is 2.64 bits per heavy atom. The first-order valence-corrected chi connectivity index (χ1v) is 8.66. The van der Waals surface area contributed by atoms with Crippen molar-refractivity contribution in [2.45, 2.75) is 39.0 Å². The Labute approximate surface area is 146 Å². The molecule has 0 saturated carbocycles. The fourth-order valence-electron chi connectivity index (χ4n) is 3.66. The van der Waals surface area contributed by atoms with Crippen molar-refractivity contribution in [1.82, 2.24) is 9.55 Å². The molecule has 2 heterocycles. The van der Waals surface area contributed by atoms with Gasteiger partial charge in [-0.3, -0.25) is 4.79 Å². The fraction of sp³-hybridized carbons (Fsp3) is 0.300. The highest BCUT2D eigenvalue weighted by atomic mass is 16.3. The summed E-state index contributed by atoms with van der Waals surface area (Å²) in [5.74, 6) is 0. The Morgan fingerprint density at radius 1 is 1.28 bits per heavy atom. The number of aliphatic hydroxyl groups is 1. The Hall–Kier alpha value is -2.66. The highest BCUT2D eigenvalue weighted by Crippen LogP contribution is 2.25. The SMILES string of the molecule is CCn1cc(CO)c(=O)c2cc(NC3Cc4ccccc4C3)cnc21. The van der Waals surface area contributed by atoms with Gasteiger partial charge in [-0.15, -0.1) is 0 Å². The first-order valence-electron chi connectivity index (χ1n) is 8.66. The average Bonchev–Trinajstić information content (AvgIpc) is 3.04. The van der Waals surface area contributed by atoms with Crippen LogP contribution in [0.25, 0.3) is 11.0 Å². The Bertz CT molecular complexity index is 969. The molecule has 0 fully saturated rings. The van der Waals surface area contributed by atoms with Crippen molar-refractivity contribution >= 4 is 16.7 Å². The summed E-state index contributed by atoms with van der Waals surface area (Å²) >= 11 is 0. The standard InChI is InChI=1S/C20H21N3O2/c1-2-23-11-15(12-24)19(25)18-9-17(10-21-20(18)23)22-16-7-13-5-3-4-6-14(13)8-16/h3-6,9-11,16,22,24H,2,7-8,12H2,1H3. The smallest absolute Gasteiger partial charge is 0.196 e. The highest BCUT2D eigenvalue weighted by Gasteiger charge is 2.21. The number of aromatic nitrogens is 2. The number of pyridine rings is 2. The van der Waals surface area contributed by atoms with Crippen LogP contribution in [0.4, 0.5) is 5.69 Å². The minimum atomic E-state index is -0.260. The van der Waals surface area contributed by atoms with E-state index in [1.54, 1.807) is 12.4 Å². The molecule has 0 aliphatic heterocycles. The minimum absolute atomic E-state index is 0.145. The fourth-order valence-corrected chi connectivity index (χ4v) is 3.66. The third-order valence-electron chi connectivity index (χ3n) is 4.92. The van der Waals surface area contributed by atoms with Gasteiger partial charge in [-0.2, -0.15) is 0 Å². The minimum Gasteiger partial charge on any atom is -0.391 e. The first kappa shape index (κ1) is 15.8. The molecular weight excluding hydrogens is 314 g/mol. The van der Waals surface area contributed by atoms with Crippen LogP contribution in [0.5, 0.6) is 0 Å². The third kappa shape index (κ3) is 2.81. The predicted molar refractivity (Wildman–Crippen MR) is 98.9 cm³/mol. The van der Waals surface area contributed by atoms with E-state index >= 15 is 0 Å². The third-order valence-corrected chi connectivity index (χ3v) is 4.92. The summed E-state index contributed by atoms with van der Waals surface area (Å²) in [6.07, 6.45) is 5.43. The maximum Gasteiger partial charge on any atom is 0.196 e. The number of rotatable bonds is 4. The quantitative estimate of drug-likeness (QED) is 0.769. The van der Waals surface area contributed by atoms with Crippen molar-refractivity contribution in [3.8, 4) is 0 Å². The molecule has 0 spiro atoms. The highest BCUT2D eigenvalue weighted by molar-refractivity contribution is 5.79. The number of hydrogen-bond acceptors (Lipinski definition) is 4. The number of benzene rings is 1. The summed E-state index contributed by atoms with van der Waals surface area (Å²) in [7, 11) is 0. The Morgan fingerprint density at radius 2 is 2.00 bits per heavy atom. The van der Waals surface area contributed by atoms with E-state index in [-0.39, 0.29) is 12.0 Å². The van der Waals surface area contributed by atoms with E-state index in [2.05, 4.69) is 34.6 Å². The molecular formula is C20H21N3O2. The van der Waals surface area contributed by atoms with Gasteiger partial charge in [-0.25, -0.2) is 4.98 Å². The van der Waals surface area contributed by atoms with Gasteiger partial charge in [0.1, 0.15) is 5.65 Å². The molecule has 1 aromatic carbocycles. The maximum absolute atomic E-state index is 12.6. The maximum atomic E-state index is 12.6. The van der Waals surface area contributed by atoms with Gasteiger partial charge < -0.3 is 15.0 Å². The molecule has 5 nitrogen and oxygen atoms in total. The van der Waals surface area contributed by atoms with Gasteiger partial charge in [-0.05, 0) is 37.0 Å². The lowest BCUT2D eigenvalue weighted by Crippen LogP contribution is -2.20. The Kier molecular flexibility index (Phi) is 4.01. The lowest BCUT2D eigenvalue weighted by atomic mass is 10.1. The van der Waals surface area contributed by atoms with Crippen molar-refractivity contribution in [3.05, 3.63) is 69.6 Å². The number of hydrogen-bond donors (Lipinski definition) is 2. The van der Waals surface area contributed by atoms with Crippen LogP contribution in [0.2, 0.25) is 0 Å². The van der Waals surface area contributed by atoms with Crippen LogP contribution >= 0.6 is 0 Å². The zero-order valence-electron chi connectivity index (χ0n) is 14.2. The molecule has 1 aliphatic carbocycles. The molecule has 5 heteroatoms. The molecule has 0 amide bonds. The normalized spacial score (nSPS) is 14.0. The molecule has 2 aromatic heterocycles. The number of nitrogens with one attached hydrogen (secondary N) is 1. The van der Waals surface area contributed by atoms with Crippen LogP contribution in [0.15, 0.2) is 47.5 Å². The summed E-state index contributed by atoms with van der Waals surface area (Å²) in [5, 5.41) is 13.5. The van der Waals surface area contributed by atoms with Crippen LogP contribution < -0.4 is 10.7 Å². The van der Waals surface area contributed by atoms with Crippen molar-refractivity contribution in [2.75, 3.05) is 5.32 Å². The molecule has 128 valence electrons. The lowest BCUT2D eigenvalue weighted by Gasteiger charge is -2.15. The van der Waals surface area contributed by atoms with E-state index in [0.29, 0.717) is 29.2 Å². The number of anilines is 1. The summed E-state index contributed by atoms with van der Waals surface area (Å²) in [5.41, 5.74) is 4.52. The van der Waals surface area contributed by atoms with Gasteiger partial charge in [0.25, 0.3) is 0 Å². The number of aryl methyl sites for hydroxylation is 1. The number of aliphatic hydroxyl groups excluding tert-OH is 1. The summed E-state index contributed by atoms with van der Waals surface area (Å²) in [4.78, 5) is 17.1. The molecule has 25 heavy (non-hydrogen) atoms. The zero-order chi connectivity index (χ0) is 17.4. The second-order valence-electron chi connectivity index (χ2n) is 6.54. The van der Waals surface area contributed by atoms with Gasteiger partial charge in [0.05, 0.1) is 23.9 Å². The predicted octanol–water partition coefficient (Wildman–Crippen LogP) is 2.49. The molecule has 0 atom stereocenters. The van der Waals surface area contributed by atoms with E-state index in [1.165, 1.54) is 11.1 Å². The van der Waals surface area contributed by atoms with Crippen LogP contribution in [-0.2, 0) is 26.0 Å². The van der Waals surface area contributed by atoms with Crippen LogP contribution in [0.1, 0.15) is 23.6 Å². The van der Waals surface area contributed by atoms with Crippen molar-refractivity contribution in [2.24, 2.45) is 0 Å². The van der Waals surface area contributed by atoms with Crippen LogP contribution in [-0.4, -0.2) is 20.7 Å². The molecule has 0 unspecified atom stereocenters. The second-order valence-corrected chi connectivity index (χ2v) is 6.54. The number of nitrogens with zero attached hydrogens (tertiary/aromatic N) is 2. The topological polar surface area (TPSA) is 67.2 Å². The van der Waals surface area contributed by atoms with Gasteiger partial charge in [0.2, 0.25) is 0 Å². The summed E-state index contributed by atoms with van der Waals surface area (Å²) < 4.78 is 1.90. The van der Waals surface area contributed by atoms with Crippen LogP contribution in [0, 0.1) is 0 Å². The van der Waals surface area contributed by atoms with Crippen molar-refractivity contribution < 1.29 is 5.11 Å². The van der Waals surface area contributed by atoms with Gasteiger partial charge in [0.15, 0.2) is 5.43 Å². The summed E-state index contributed by atoms with van der Waals surface area (Å²) in [6, 6.07) is 10.7. The van der Waals surface area contributed by atoms with Gasteiger partial charge in [-0.1, -0.05) is 24.3 Å². The molecule has 0 bridgehead atoms. The molecule has 2 N–H and O–H groups in total. The molecule has 1 aliphatic rings. The van der Waals surface area contributed by atoms with Crippen molar-refractivity contribution in [1.29, 1.82) is 0 Å². The second kappa shape index (κ2) is 6.33. The average molecular weight is 335 g/mol. The monoisotopic (exact) mass is 335 g/mol. The summed E-state index contributed by atoms with van der Waals surface area (Å²) in [6.45, 7) is 2.43. The van der Waals surface area contributed by atoms with E-state index in [0.717, 1.165) is 18.5 Å². The number of fused-ring (bicyclic) bond motifs is 2. The van der Waals surface area contributed by atoms with E-state index in [1.807, 2.05) is 17.6 Å². The van der Waals surface area contributed by atoms with E-state index < -0.39 is 0 Å². The first-order chi connectivity index (χ1) is 12.2. The van der Waals surface area contributed by atoms with Crippen LogP contribution in [0.3, 0.4) is 0 Å². The molecule has 0 saturated heterocycles. The molecule has 3 aromatic rings. The largest absolute Gasteiger partial charge is 0.391 e. The van der Waals surface area contributed by atoms with E-state index in [9.17, 15) is 9.90 Å². The molecule has 4 rings (SSSR count). The van der Waals surface area contributed by atoms with Gasteiger partial charge in [0, 0.05) is 24.3 Å². The lowest BCUT2D eigenvalue weighted by molar-refractivity contribution is 0.280. The van der Waals surface area contributed by atoms with Crippen molar-refractivity contribution in [3.63, 3.8) is 0 Å². The van der Waals surface area contributed by atoms with Gasteiger partial charge >= 0.3 is 0 Å². The Balaban J connectivity index is 1.68. The zero-order valence-corrected chi connectivity index (χ0v) is 14.2. The molecule has 0 radical (unpaired) electrons. The van der Waals surface area contributed by atoms with E-state index in [4.69, 9.17) is 0 Å².